The predicted molar refractivity (Wildman–Crippen MR) is 99.5 cm³/mol. The first-order chi connectivity index (χ1) is 10.9. The molecule has 0 radical (unpaired) electrons. The molecule has 0 bridgehead atoms. The van der Waals surface area contributed by atoms with Crippen molar-refractivity contribution in [1.29, 1.82) is 0 Å². The van der Waals surface area contributed by atoms with Crippen molar-refractivity contribution in [3.05, 3.63) is 49.1 Å². The SMILES string of the molecule is O.O.[OH3+].[OH3+].[OH3+].[OH3+].[Zn+2].c1cc(-c2nnn[n-]2)ccn1.c1cc(-c2nnn[n-]2)ccn1. The zero-order valence-corrected chi connectivity index (χ0v) is 18.1. The summed E-state index contributed by atoms with van der Waals surface area (Å²) in [5.41, 5.74) is 1.76. The van der Waals surface area contributed by atoms with Crippen LogP contribution in [0, 0.1) is 0 Å². The van der Waals surface area contributed by atoms with Crippen LogP contribution in [-0.4, -0.2) is 52.0 Å². The van der Waals surface area contributed by atoms with Gasteiger partial charge in [-0.05, 0) is 35.4 Å². The minimum atomic E-state index is 0. The molecule has 156 valence electrons. The van der Waals surface area contributed by atoms with Gasteiger partial charge in [0.25, 0.3) is 0 Å². The van der Waals surface area contributed by atoms with Gasteiger partial charge in [0.2, 0.25) is 0 Å². The van der Waals surface area contributed by atoms with Crippen molar-refractivity contribution in [3.8, 4) is 22.8 Å². The average Bonchev–Trinajstić information content (AvgIpc) is 3.31. The molecule has 4 aromatic heterocycles. The van der Waals surface area contributed by atoms with E-state index in [0.29, 0.717) is 11.6 Å². The number of hydrogen-bond acceptors (Lipinski definition) is 8. The Labute approximate surface area is 175 Å². The summed E-state index contributed by atoms with van der Waals surface area (Å²) in [6.07, 6.45) is 6.69. The topological polar surface area (TPSA) is 326 Å². The normalized spacial score (nSPS) is 7.45. The predicted octanol–water partition coefficient (Wildman–Crippen LogP) is -5.56. The summed E-state index contributed by atoms with van der Waals surface area (Å²) in [7, 11) is 0. The molecule has 0 saturated heterocycles. The maximum Gasteiger partial charge on any atom is 2.00 e. The smallest absolute Gasteiger partial charge is 0.457 e. The Morgan fingerprint density at radius 2 is 0.862 bits per heavy atom. The molecule has 17 heteroatoms. The fraction of sp³-hybridized carbons (Fsp3) is 0. The van der Waals surface area contributed by atoms with Crippen molar-refractivity contribution in [3.63, 3.8) is 0 Å². The van der Waals surface area contributed by atoms with Gasteiger partial charge in [0.05, 0.1) is 0 Å². The molecule has 0 aliphatic carbocycles. The van der Waals surface area contributed by atoms with Crippen LogP contribution >= 0.6 is 0 Å². The molecule has 0 saturated carbocycles. The summed E-state index contributed by atoms with van der Waals surface area (Å²) < 4.78 is 0. The number of tetrazole rings is 2. The molecule has 16 N–H and O–H groups in total. The number of pyridine rings is 2. The first kappa shape index (κ1) is 36.7. The van der Waals surface area contributed by atoms with Crippen LogP contribution in [0.3, 0.4) is 0 Å². The van der Waals surface area contributed by atoms with Crippen molar-refractivity contribution in [2.45, 2.75) is 0 Å². The van der Waals surface area contributed by atoms with E-state index in [-0.39, 0.29) is 52.3 Å². The Kier molecular flexibility index (Phi) is 24.8. The van der Waals surface area contributed by atoms with Gasteiger partial charge in [-0.2, -0.15) is 10.4 Å². The third kappa shape index (κ3) is 10.7. The van der Waals surface area contributed by atoms with E-state index in [2.05, 4.69) is 51.2 Å². The third-order valence-electron chi connectivity index (χ3n) is 2.51. The Morgan fingerprint density at radius 1 is 0.552 bits per heavy atom. The minimum absolute atomic E-state index is 0. The molecule has 0 aromatic carbocycles. The minimum Gasteiger partial charge on any atom is -0.457 e. The molecular formula is C12H24N10O6Zn+4. The van der Waals surface area contributed by atoms with Gasteiger partial charge < -0.3 is 43.1 Å². The van der Waals surface area contributed by atoms with Gasteiger partial charge in [-0.15, -0.1) is 0 Å². The van der Waals surface area contributed by atoms with Gasteiger partial charge in [0.15, 0.2) is 0 Å². The molecule has 0 unspecified atom stereocenters. The molecule has 0 atom stereocenters. The number of rotatable bonds is 2. The van der Waals surface area contributed by atoms with Crippen molar-refractivity contribution in [2.24, 2.45) is 0 Å². The number of aromatic nitrogens is 10. The quantitative estimate of drug-likeness (QED) is 0.197. The third-order valence-corrected chi connectivity index (χ3v) is 2.51. The Bertz CT molecular complexity index is 725. The molecule has 4 rings (SSSR count). The summed E-state index contributed by atoms with van der Waals surface area (Å²) in [6.45, 7) is 0. The van der Waals surface area contributed by atoms with E-state index in [1.54, 1.807) is 49.1 Å². The maximum absolute atomic E-state index is 3.86. The van der Waals surface area contributed by atoms with E-state index >= 15 is 0 Å². The summed E-state index contributed by atoms with van der Waals surface area (Å²) in [6, 6.07) is 7.22. The van der Waals surface area contributed by atoms with E-state index < -0.39 is 0 Å². The first-order valence-electron chi connectivity index (χ1n) is 6.12. The molecular weight excluding hydrogens is 446 g/mol. The Morgan fingerprint density at radius 3 is 1.10 bits per heavy atom. The molecule has 29 heavy (non-hydrogen) atoms. The zero-order valence-electron chi connectivity index (χ0n) is 15.1. The van der Waals surface area contributed by atoms with Crippen molar-refractivity contribution in [2.75, 3.05) is 0 Å². The van der Waals surface area contributed by atoms with Gasteiger partial charge in [-0.1, -0.05) is 0 Å². The Balaban J connectivity index is -0.000000107. The van der Waals surface area contributed by atoms with E-state index in [9.17, 15) is 0 Å². The number of nitrogens with zero attached hydrogens (tertiary/aromatic N) is 10. The van der Waals surface area contributed by atoms with Crippen molar-refractivity contribution >= 4 is 0 Å². The molecule has 0 amide bonds. The molecule has 4 aromatic rings. The van der Waals surface area contributed by atoms with Crippen LogP contribution in [0.25, 0.3) is 22.8 Å². The monoisotopic (exact) mass is 468 g/mol. The van der Waals surface area contributed by atoms with E-state index in [0.717, 1.165) is 11.1 Å². The van der Waals surface area contributed by atoms with E-state index in [1.165, 1.54) is 0 Å². The van der Waals surface area contributed by atoms with E-state index in [4.69, 9.17) is 0 Å². The van der Waals surface area contributed by atoms with Gasteiger partial charge in [-0.25, -0.2) is 0 Å². The molecule has 0 fully saturated rings. The molecule has 0 aliphatic heterocycles. The van der Waals surface area contributed by atoms with Crippen LogP contribution < -0.4 is 10.2 Å². The second-order valence-corrected chi connectivity index (χ2v) is 3.88. The fourth-order valence-corrected chi connectivity index (χ4v) is 1.52. The summed E-state index contributed by atoms with van der Waals surface area (Å²) >= 11 is 0. The second kappa shape index (κ2) is 19.6. The standard InChI is InChI=1S/2C6H4N5.6H2O.Zn/c2*1-3-7-4-2-5(1)6-8-10-11-9-6;;;;;;;/h2*1-4H;6*1H2;/q2*-1;;;;;;;+2/p+4. The van der Waals surface area contributed by atoms with Crippen LogP contribution in [0.2, 0.25) is 0 Å². The van der Waals surface area contributed by atoms with Crippen LogP contribution in [0.4, 0.5) is 0 Å². The maximum atomic E-state index is 3.86. The van der Waals surface area contributed by atoms with Crippen LogP contribution in [0.5, 0.6) is 0 Å². The van der Waals surface area contributed by atoms with Gasteiger partial charge >= 0.3 is 19.5 Å². The van der Waals surface area contributed by atoms with Crippen LogP contribution in [0.15, 0.2) is 49.1 Å². The molecule has 0 spiro atoms. The number of hydrogen-bond donors (Lipinski definition) is 0. The van der Waals surface area contributed by atoms with Crippen molar-refractivity contribution < 1.29 is 52.3 Å². The average molecular weight is 470 g/mol. The fourth-order valence-electron chi connectivity index (χ4n) is 1.52. The first-order valence-corrected chi connectivity index (χ1v) is 6.12. The van der Waals surface area contributed by atoms with Crippen molar-refractivity contribution in [1.82, 2.24) is 51.2 Å². The van der Waals surface area contributed by atoms with Crippen LogP contribution in [-0.2, 0) is 41.4 Å². The van der Waals surface area contributed by atoms with Crippen LogP contribution in [0.1, 0.15) is 0 Å². The summed E-state index contributed by atoms with van der Waals surface area (Å²) in [5, 5.41) is 28.2. The van der Waals surface area contributed by atoms with Gasteiger partial charge in [0, 0.05) is 36.4 Å². The summed E-state index contributed by atoms with van der Waals surface area (Å²) in [5.74, 6) is 1.07. The second-order valence-electron chi connectivity index (χ2n) is 3.88. The molecule has 4 heterocycles. The molecule has 0 aliphatic rings. The van der Waals surface area contributed by atoms with E-state index in [1.807, 2.05) is 0 Å². The largest absolute Gasteiger partial charge is 2.00 e. The summed E-state index contributed by atoms with van der Waals surface area (Å²) in [4.78, 5) is 7.72. The van der Waals surface area contributed by atoms with Gasteiger partial charge in [0.1, 0.15) is 0 Å². The Hall–Kier alpha value is -3.18. The zero-order chi connectivity index (χ0) is 15.0. The van der Waals surface area contributed by atoms with Gasteiger partial charge in [-0.3, -0.25) is 30.6 Å². The molecule has 16 nitrogen and oxygen atoms in total.